The largest absolute Gasteiger partial charge is 0.478 e. The number of hydrogen-bond acceptors (Lipinski definition) is 4. The number of carbonyl (C=O) groups is 1. The fourth-order valence-electron chi connectivity index (χ4n) is 1.72. The molecule has 0 aliphatic rings. The predicted molar refractivity (Wildman–Crippen MR) is 77.0 cm³/mol. The zero-order chi connectivity index (χ0) is 13.8. The van der Waals surface area contributed by atoms with E-state index >= 15 is 0 Å². The number of thiazole rings is 1. The van der Waals surface area contributed by atoms with Gasteiger partial charge in [0.15, 0.2) is 0 Å². The van der Waals surface area contributed by atoms with Crippen molar-refractivity contribution in [2.24, 2.45) is 0 Å². The molecule has 0 fully saturated rings. The van der Waals surface area contributed by atoms with Crippen LogP contribution in [0.4, 0.5) is 5.69 Å². The Morgan fingerprint density at radius 2 is 2.26 bits per heavy atom. The molecule has 0 unspecified atom stereocenters. The van der Waals surface area contributed by atoms with Gasteiger partial charge in [-0.3, -0.25) is 0 Å². The van der Waals surface area contributed by atoms with Crippen molar-refractivity contribution in [2.75, 3.05) is 5.32 Å². The highest BCUT2D eigenvalue weighted by molar-refractivity contribution is 7.11. The van der Waals surface area contributed by atoms with E-state index in [-0.39, 0.29) is 0 Å². The molecule has 0 radical (unpaired) electrons. The maximum absolute atomic E-state index is 10.9. The van der Waals surface area contributed by atoms with E-state index in [1.807, 2.05) is 19.2 Å². The minimum absolute atomic E-state index is 0.298. The Labute approximate surface area is 116 Å². The predicted octanol–water partition coefficient (Wildman–Crippen LogP) is 3.32. The van der Waals surface area contributed by atoms with E-state index in [1.54, 1.807) is 23.5 Å². The monoisotopic (exact) mass is 276 g/mol. The van der Waals surface area contributed by atoms with Crippen LogP contribution in [0.15, 0.2) is 24.4 Å². The number of rotatable bonds is 5. The van der Waals surface area contributed by atoms with Crippen molar-refractivity contribution >= 4 is 23.0 Å². The molecule has 1 heterocycles. The van der Waals surface area contributed by atoms with Crippen molar-refractivity contribution in [1.29, 1.82) is 0 Å². The lowest BCUT2D eigenvalue weighted by molar-refractivity contribution is 0.0697. The molecular formula is C14H16N2O2S. The van der Waals surface area contributed by atoms with E-state index < -0.39 is 5.97 Å². The van der Waals surface area contributed by atoms with Crippen molar-refractivity contribution in [3.63, 3.8) is 0 Å². The van der Waals surface area contributed by atoms with Gasteiger partial charge in [0.2, 0.25) is 0 Å². The topological polar surface area (TPSA) is 62.2 Å². The van der Waals surface area contributed by atoms with Gasteiger partial charge in [0, 0.05) is 16.8 Å². The maximum atomic E-state index is 10.9. The van der Waals surface area contributed by atoms with E-state index in [0.29, 0.717) is 12.1 Å². The van der Waals surface area contributed by atoms with E-state index in [4.69, 9.17) is 5.11 Å². The number of nitrogens with zero attached hydrogens (tertiary/aromatic N) is 1. The van der Waals surface area contributed by atoms with Crippen LogP contribution in [0.3, 0.4) is 0 Å². The molecule has 5 heteroatoms. The summed E-state index contributed by atoms with van der Waals surface area (Å²) >= 11 is 1.68. The first-order valence-corrected chi connectivity index (χ1v) is 6.93. The number of benzene rings is 1. The van der Waals surface area contributed by atoms with Crippen LogP contribution >= 0.6 is 11.3 Å². The Balaban J connectivity index is 2.10. The van der Waals surface area contributed by atoms with Crippen LogP contribution in [0.2, 0.25) is 0 Å². The second kappa shape index (κ2) is 5.84. The molecule has 2 aromatic rings. The van der Waals surface area contributed by atoms with Crippen LogP contribution in [-0.2, 0) is 13.0 Å². The third-order valence-electron chi connectivity index (χ3n) is 2.84. The molecule has 0 aliphatic heterocycles. The third kappa shape index (κ3) is 3.32. The highest BCUT2D eigenvalue weighted by Crippen LogP contribution is 2.20. The highest BCUT2D eigenvalue weighted by atomic mass is 32.1. The second-order valence-electron chi connectivity index (χ2n) is 4.26. The van der Waals surface area contributed by atoms with Crippen LogP contribution in [0.5, 0.6) is 0 Å². The normalized spacial score (nSPS) is 10.4. The van der Waals surface area contributed by atoms with E-state index in [9.17, 15) is 4.79 Å². The summed E-state index contributed by atoms with van der Waals surface area (Å²) in [5, 5.41) is 13.4. The number of carboxylic acid groups (broad SMARTS) is 1. The van der Waals surface area contributed by atoms with Crippen molar-refractivity contribution < 1.29 is 9.90 Å². The van der Waals surface area contributed by atoms with Crippen LogP contribution < -0.4 is 5.32 Å². The Hall–Kier alpha value is -1.88. The van der Waals surface area contributed by atoms with Crippen LogP contribution in [0.1, 0.15) is 32.7 Å². The third-order valence-corrected chi connectivity index (χ3v) is 3.98. The van der Waals surface area contributed by atoms with E-state index in [2.05, 4.69) is 17.2 Å². The number of hydrogen-bond donors (Lipinski definition) is 2. The van der Waals surface area contributed by atoms with Gasteiger partial charge in [-0.15, -0.1) is 11.3 Å². The van der Waals surface area contributed by atoms with Crippen LogP contribution in [-0.4, -0.2) is 16.1 Å². The minimum Gasteiger partial charge on any atom is -0.478 e. The Bertz CT molecular complexity index is 593. The molecule has 1 aromatic carbocycles. The zero-order valence-corrected chi connectivity index (χ0v) is 11.8. The molecule has 0 atom stereocenters. The number of anilines is 1. The van der Waals surface area contributed by atoms with Gasteiger partial charge in [-0.1, -0.05) is 13.0 Å². The summed E-state index contributed by atoms with van der Waals surface area (Å²) in [6.45, 7) is 4.70. The number of aryl methyl sites for hydroxylation is 2. The standard InChI is InChI=1S/C14H16N2O2S/c1-3-13-16-8-11(19-13)7-15-12-6-10(14(17)18)5-4-9(12)2/h4-6,8,15H,3,7H2,1-2H3,(H,17,18). The molecule has 0 amide bonds. The number of aromatic carboxylic acids is 1. The summed E-state index contributed by atoms with van der Waals surface area (Å²) < 4.78 is 0. The molecule has 0 saturated carbocycles. The van der Waals surface area contributed by atoms with Gasteiger partial charge in [-0.05, 0) is 31.0 Å². The number of nitrogens with one attached hydrogen (secondary N) is 1. The van der Waals surface area contributed by atoms with Gasteiger partial charge in [0.1, 0.15) is 0 Å². The van der Waals surface area contributed by atoms with Gasteiger partial charge < -0.3 is 10.4 Å². The summed E-state index contributed by atoms with van der Waals surface area (Å²) in [6, 6.07) is 5.10. The first-order chi connectivity index (χ1) is 9.10. The summed E-state index contributed by atoms with van der Waals surface area (Å²) in [6.07, 6.45) is 2.81. The van der Waals surface area contributed by atoms with Crippen molar-refractivity contribution in [1.82, 2.24) is 4.98 Å². The SMILES string of the molecule is CCc1ncc(CNc2cc(C(=O)O)ccc2C)s1. The average Bonchev–Trinajstić information content (AvgIpc) is 2.85. The lowest BCUT2D eigenvalue weighted by Gasteiger charge is -2.09. The fraction of sp³-hybridized carbons (Fsp3) is 0.286. The Morgan fingerprint density at radius 3 is 2.89 bits per heavy atom. The fourth-order valence-corrected chi connectivity index (χ4v) is 2.52. The number of aromatic nitrogens is 1. The zero-order valence-electron chi connectivity index (χ0n) is 10.9. The van der Waals surface area contributed by atoms with E-state index in [0.717, 1.165) is 27.6 Å². The highest BCUT2D eigenvalue weighted by Gasteiger charge is 2.06. The quantitative estimate of drug-likeness (QED) is 0.879. The molecular weight excluding hydrogens is 260 g/mol. The molecule has 100 valence electrons. The molecule has 1 aromatic heterocycles. The van der Waals surface area contributed by atoms with Crippen LogP contribution in [0.25, 0.3) is 0 Å². The molecule has 0 bridgehead atoms. The Morgan fingerprint density at radius 1 is 1.47 bits per heavy atom. The lowest BCUT2D eigenvalue weighted by atomic mass is 10.1. The minimum atomic E-state index is -0.908. The van der Waals surface area contributed by atoms with Gasteiger partial charge in [0.25, 0.3) is 0 Å². The molecule has 2 N–H and O–H groups in total. The van der Waals surface area contributed by atoms with Gasteiger partial charge >= 0.3 is 5.97 Å². The van der Waals surface area contributed by atoms with Crippen molar-refractivity contribution in [3.8, 4) is 0 Å². The lowest BCUT2D eigenvalue weighted by Crippen LogP contribution is -2.03. The number of carboxylic acids is 1. The average molecular weight is 276 g/mol. The summed E-state index contributed by atoms with van der Waals surface area (Å²) in [5.74, 6) is -0.908. The van der Waals surface area contributed by atoms with Crippen molar-refractivity contribution in [2.45, 2.75) is 26.8 Å². The maximum Gasteiger partial charge on any atom is 0.335 e. The van der Waals surface area contributed by atoms with Crippen molar-refractivity contribution in [3.05, 3.63) is 45.4 Å². The first-order valence-electron chi connectivity index (χ1n) is 6.11. The molecule has 2 rings (SSSR count). The van der Waals surface area contributed by atoms with Gasteiger partial charge in [0.05, 0.1) is 17.1 Å². The molecule has 0 saturated heterocycles. The summed E-state index contributed by atoms with van der Waals surface area (Å²) in [4.78, 5) is 16.4. The van der Waals surface area contributed by atoms with Crippen LogP contribution in [0, 0.1) is 6.92 Å². The Kier molecular flexibility index (Phi) is 4.16. The smallest absolute Gasteiger partial charge is 0.335 e. The second-order valence-corrected chi connectivity index (χ2v) is 5.46. The molecule has 4 nitrogen and oxygen atoms in total. The molecule has 0 aliphatic carbocycles. The van der Waals surface area contributed by atoms with E-state index in [1.165, 1.54) is 0 Å². The first kappa shape index (κ1) is 13.5. The summed E-state index contributed by atoms with van der Waals surface area (Å²) in [5.41, 5.74) is 2.18. The van der Waals surface area contributed by atoms with Gasteiger partial charge in [-0.2, -0.15) is 0 Å². The summed E-state index contributed by atoms with van der Waals surface area (Å²) in [7, 11) is 0. The molecule has 19 heavy (non-hydrogen) atoms. The van der Waals surface area contributed by atoms with Gasteiger partial charge in [-0.25, -0.2) is 9.78 Å². The molecule has 0 spiro atoms.